The maximum Gasteiger partial charge on any atom is 0.313 e. The first kappa shape index (κ1) is 14.6. The average molecular weight is 313 g/mol. The molecule has 22 heavy (non-hydrogen) atoms. The van der Waals surface area contributed by atoms with Crippen LogP contribution in [0.25, 0.3) is 5.70 Å². The maximum atomic E-state index is 12.3. The number of hydrogen-bond donors (Lipinski definition) is 0. The fraction of sp³-hybridized carbons (Fsp3) is 0.250. The summed E-state index contributed by atoms with van der Waals surface area (Å²) in [6.07, 6.45) is 8.78. The van der Waals surface area contributed by atoms with Crippen LogP contribution < -0.4 is 0 Å². The molecule has 2 aromatic heterocycles. The Balaban J connectivity index is 2.05. The number of aliphatic imine (C=N–C) groups is 1. The number of esters is 1. The molecule has 2 unspecified atom stereocenters. The molecule has 0 aliphatic carbocycles. The minimum atomic E-state index is -0.604. The van der Waals surface area contributed by atoms with Gasteiger partial charge in [-0.25, -0.2) is 4.98 Å². The molecule has 2 aromatic rings. The molecule has 112 valence electrons. The molecule has 3 heterocycles. The molecular formula is C16H15N3O2S. The van der Waals surface area contributed by atoms with Gasteiger partial charge in [-0.05, 0) is 25.1 Å². The molecule has 0 bridgehead atoms. The lowest BCUT2D eigenvalue weighted by Crippen LogP contribution is -2.40. The van der Waals surface area contributed by atoms with Gasteiger partial charge in [0.2, 0.25) is 0 Å². The quantitative estimate of drug-likeness (QED) is 0.817. The Bertz CT molecular complexity index is 725. The highest BCUT2D eigenvalue weighted by molar-refractivity contribution is 7.09. The van der Waals surface area contributed by atoms with Crippen LogP contribution in [0, 0.1) is 5.92 Å². The van der Waals surface area contributed by atoms with Gasteiger partial charge >= 0.3 is 5.97 Å². The van der Waals surface area contributed by atoms with Crippen molar-refractivity contribution in [3.05, 3.63) is 52.8 Å². The Morgan fingerprint density at radius 3 is 2.91 bits per heavy atom. The molecule has 0 amide bonds. The molecule has 1 aliphatic rings. The summed E-state index contributed by atoms with van der Waals surface area (Å²) in [5, 5.41) is 2.73. The van der Waals surface area contributed by atoms with Gasteiger partial charge in [0, 0.05) is 35.7 Å². The lowest BCUT2D eigenvalue weighted by Gasteiger charge is -2.31. The van der Waals surface area contributed by atoms with Gasteiger partial charge < -0.3 is 4.74 Å². The third kappa shape index (κ3) is 2.46. The fourth-order valence-corrected chi connectivity index (χ4v) is 3.27. The predicted molar refractivity (Wildman–Crippen MR) is 85.7 cm³/mol. The second-order valence-corrected chi connectivity index (χ2v) is 6.07. The number of pyridine rings is 1. The van der Waals surface area contributed by atoms with E-state index >= 15 is 0 Å². The zero-order valence-electron chi connectivity index (χ0n) is 12.3. The molecular weight excluding hydrogens is 298 g/mol. The molecule has 0 saturated heterocycles. The van der Waals surface area contributed by atoms with Gasteiger partial charge in [0.15, 0.2) is 0 Å². The van der Waals surface area contributed by atoms with Crippen molar-refractivity contribution in [1.82, 2.24) is 9.97 Å². The van der Waals surface area contributed by atoms with Gasteiger partial charge in [-0.2, -0.15) is 0 Å². The number of thiazole rings is 1. The molecule has 0 fully saturated rings. The lowest BCUT2D eigenvalue weighted by atomic mass is 9.76. The Labute approximate surface area is 132 Å². The molecule has 1 aliphatic heterocycles. The van der Waals surface area contributed by atoms with Crippen LogP contribution in [0.2, 0.25) is 0 Å². The number of aromatic nitrogens is 2. The van der Waals surface area contributed by atoms with Gasteiger partial charge in [-0.1, -0.05) is 0 Å². The molecule has 3 rings (SSSR count). The van der Waals surface area contributed by atoms with Gasteiger partial charge in [-0.3, -0.25) is 14.8 Å². The molecule has 0 radical (unpaired) electrons. The number of nitrogens with zero attached hydrogens (tertiary/aromatic N) is 3. The number of carbonyl (C=O) groups is 1. The maximum absolute atomic E-state index is 12.3. The topological polar surface area (TPSA) is 64.4 Å². The largest absolute Gasteiger partial charge is 0.469 e. The fourth-order valence-electron chi connectivity index (χ4n) is 2.46. The van der Waals surface area contributed by atoms with Crippen LogP contribution in [0.4, 0.5) is 0 Å². The molecule has 5 nitrogen and oxygen atoms in total. The third-order valence-corrected chi connectivity index (χ3v) is 4.77. The van der Waals surface area contributed by atoms with Crippen molar-refractivity contribution in [2.75, 3.05) is 7.11 Å². The molecule has 0 saturated carbocycles. The average Bonchev–Trinajstić information content (AvgIpc) is 3.10. The van der Waals surface area contributed by atoms with Gasteiger partial charge in [0.25, 0.3) is 0 Å². The second-order valence-electron chi connectivity index (χ2n) is 5.17. The summed E-state index contributed by atoms with van der Waals surface area (Å²) < 4.78 is 4.98. The van der Waals surface area contributed by atoms with E-state index in [0.717, 1.165) is 16.3 Å². The Hall–Kier alpha value is -2.34. The Kier molecular flexibility index (Phi) is 3.85. The van der Waals surface area contributed by atoms with Crippen molar-refractivity contribution < 1.29 is 9.53 Å². The Morgan fingerprint density at radius 1 is 1.41 bits per heavy atom. The highest BCUT2D eigenvalue weighted by atomic mass is 32.1. The monoisotopic (exact) mass is 313 g/mol. The zero-order chi connectivity index (χ0) is 15.6. The van der Waals surface area contributed by atoms with Crippen molar-refractivity contribution >= 4 is 29.2 Å². The van der Waals surface area contributed by atoms with Crippen LogP contribution in [0.5, 0.6) is 0 Å². The highest BCUT2D eigenvalue weighted by Gasteiger charge is 2.43. The van der Waals surface area contributed by atoms with E-state index in [0.29, 0.717) is 0 Å². The molecule has 0 aromatic carbocycles. The summed E-state index contributed by atoms with van der Waals surface area (Å²) in [6, 6.07) is 3.75. The summed E-state index contributed by atoms with van der Waals surface area (Å²) >= 11 is 1.51. The summed E-state index contributed by atoms with van der Waals surface area (Å²) in [7, 11) is 1.40. The van der Waals surface area contributed by atoms with Crippen LogP contribution in [0.3, 0.4) is 0 Å². The van der Waals surface area contributed by atoms with Crippen LogP contribution in [-0.2, 0) is 14.9 Å². The minimum Gasteiger partial charge on any atom is -0.469 e. The van der Waals surface area contributed by atoms with Crippen molar-refractivity contribution in [2.45, 2.75) is 12.3 Å². The molecule has 2 atom stereocenters. The number of ether oxygens (including phenoxy) is 1. The normalized spacial score (nSPS) is 23.9. The number of rotatable bonds is 3. The highest BCUT2D eigenvalue weighted by Crippen LogP contribution is 2.38. The van der Waals surface area contributed by atoms with E-state index < -0.39 is 11.3 Å². The van der Waals surface area contributed by atoms with Crippen LogP contribution in [0.1, 0.15) is 17.5 Å². The van der Waals surface area contributed by atoms with Crippen LogP contribution >= 0.6 is 11.3 Å². The first-order valence-electron chi connectivity index (χ1n) is 6.80. The molecule has 0 spiro atoms. The third-order valence-electron chi connectivity index (χ3n) is 3.75. The van der Waals surface area contributed by atoms with Crippen molar-refractivity contribution in [1.29, 1.82) is 0 Å². The number of carbonyl (C=O) groups excluding carboxylic acids is 1. The van der Waals surface area contributed by atoms with E-state index in [1.54, 1.807) is 24.8 Å². The van der Waals surface area contributed by atoms with Crippen LogP contribution in [0.15, 0.2) is 47.2 Å². The zero-order valence-corrected chi connectivity index (χ0v) is 13.1. The summed E-state index contributed by atoms with van der Waals surface area (Å²) in [5.41, 5.74) is 0.985. The summed E-state index contributed by atoms with van der Waals surface area (Å²) in [5.74, 6) is -0.776. The first-order chi connectivity index (χ1) is 10.6. The van der Waals surface area contributed by atoms with E-state index in [1.165, 1.54) is 18.4 Å². The SMILES string of the molecule is COC(=O)C1C=C(c2cccnc2)N=CC1(C)c1nccs1. The van der Waals surface area contributed by atoms with Crippen molar-refractivity contribution in [3.8, 4) is 0 Å². The standard InChI is InChI=1S/C16H15N3O2S/c1-16(15-18-6-7-22-15)10-19-13(8-12(16)14(20)21-2)11-4-3-5-17-9-11/h3-10,12H,1-2H3. The number of methoxy groups -OCH3 is 1. The minimum absolute atomic E-state index is 0.301. The number of hydrogen-bond acceptors (Lipinski definition) is 6. The van der Waals surface area contributed by atoms with Gasteiger partial charge in [0.05, 0.1) is 24.1 Å². The predicted octanol–water partition coefficient (Wildman–Crippen LogP) is 2.71. The summed E-state index contributed by atoms with van der Waals surface area (Å²) in [6.45, 7) is 1.95. The van der Waals surface area contributed by atoms with Crippen LogP contribution in [-0.4, -0.2) is 29.3 Å². The van der Waals surface area contributed by atoms with Gasteiger partial charge in [0.1, 0.15) is 5.01 Å². The van der Waals surface area contributed by atoms with E-state index in [-0.39, 0.29) is 5.97 Å². The van der Waals surface area contributed by atoms with E-state index in [2.05, 4.69) is 15.0 Å². The first-order valence-corrected chi connectivity index (χ1v) is 7.68. The van der Waals surface area contributed by atoms with Crippen molar-refractivity contribution in [3.63, 3.8) is 0 Å². The van der Waals surface area contributed by atoms with E-state index in [9.17, 15) is 4.79 Å². The van der Waals surface area contributed by atoms with Gasteiger partial charge in [-0.15, -0.1) is 11.3 Å². The van der Waals surface area contributed by atoms with E-state index in [1.807, 2.05) is 30.5 Å². The second kappa shape index (κ2) is 5.81. The van der Waals surface area contributed by atoms with E-state index in [4.69, 9.17) is 4.74 Å². The molecule has 0 N–H and O–H groups in total. The van der Waals surface area contributed by atoms with Crippen molar-refractivity contribution in [2.24, 2.45) is 10.9 Å². The lowest BCUT2D eigenvalue weighted by molar-refractivity contribution is -0.145. The summed E-state index contributed by atoms with van der Waals surface area (Å²) in [4.78, 5) is 25.3. The smallest absolute Gasteiger partial charge is 0.313 e. The Morgan fingerprint density at radius 2 is 2.27 bits per heavy atom. The molecule has 6 heteroatoms.